The number of rotatable bonds is 1. The second-order valence-corrected chi connectivity index (χ2v) is 3.80. The second-order valence-electron chi connectivity index (χ2n) is 3.80. The number of carbonyl (C=O) groups is 1. The fourth-order valence-electron chi connectivity index (χ4n) is 2.14. The first-order chi connectivity index (χ1) is 7.81. The van der Waals surface area contributed by atoms with Crippen LogP contribution in [0.15, 0.2) is 24.3 Å². The summed E-state index contributed by atoms with van der Waals surface area (Å²) in [6.45, 7) is 1.49. The number of para-hydroxylation sites is 2. The van der Waals surface area contributed by atoms with Crippen molar-refractivity contribution in [2.45, 2.75) is 6.54 Å². The van der Waals surface area contributed by atoms with Crippen molar-refractivity contribution < 1.29 is 4.79 Å². The molecular formula is C11H13ClN4O. The van der Waals surface area contributed by atoms with Crippen molar-refractivity contribution in [2.24, 2.45) is 5.73 Å². The summed E-state index contributed by atoms with van der Waals surface area (Å²) in [5, 5.41) is 0. The van der Waals surface area contributed by atoms with Crippen LogP contribution in [0, 0.1) is 0 Å². The summed E-state index contributed by atoms with van der Waals surface area (Å²) in [5.74, 6) is 0.644. The quantitative estimate of drug-likeness (QED) is 0.815. The Morgan fingerprint density at radius 3 is 2.88 bits per heavy atom. The number of aromatic nitrogens is 2. The lowest BCUT2D eigenvalue weighted by atomic mass is 10.3. The largest absolute Gasteiger partial charge is 0.322 e. The van der Waals surface area contributed by atoms with Gasteiger partial charge in [0.1, 0.15) is 0 Å². The third kappa shape index (κ3) is 1.67. The minimum atomic E-state index is -0.0749. The van der Waals surface area contributed by atoms with Gasteiger partial charge >= 0.3 is 0 Å². The van der Waals surface area contributed by atoms with E-state index in [2.05, 4.69) is 9.55 Å². The van der Waals surface area contributed by atoms with E-state index in [4.69, 9.17) is 5.73 Å². The van der Waals surface area contributed by atoms with Crippen LogP contribution in [0.25, 0.3) is 11.0 Å². The molecule has 0 radical (unpaired) electrons. The van der Waals surface area contributed by atoms with Crippen molar-refractivity contribution in [3.05, 3.63) is 24.3 Å². The molecule has 2 aromatic rings. The Hall–Kier alpha value is -1.59. The molecule has 0 unspecified atom stereocenters. The Morgan fingerprint density at radius 1 is 1.35 bits per heavy atom. The normalized spacial score (nSPS) is 13.6. The zero-order chi connectivity index (χ0) is 11.1. The number of fused-ring (bicyclic) bond motifs is 3. The van der Waals surface area contributed by atoms with E-state index in [1.54, 1.807) is 4.90 Å². The van der Waals surface area contributed by atoms with E-state index in [0.29, 0.717) is 6.54 Å². The molecule has 1 amide bonds. The standard InChI is InChI=1S/C11H12N4O.ClH/c12-7-10(16)15-6-5-14-9-4-2-1-3-8(9)13-11(14)15;/h1-4H,5-7,12H2;1H. The van der Waals surface area contributed by atoms with Gasteiger partial charge in [0.15, 0.2) is 0 Å². The lowest BCUT2D eigenvalue weighted by molar-refractivity contribution is -0.117. The first kappa shape index (κ1) is 11.9. The zero-order valence-electron chi connectivity index (χ0n) is 9.17. The highest BCUT2D eigenvalue weighted by molar-refractivity contribution is 5.95. The van der Waals surface area contributed by atoms with Crippen molar-refractivity contribution in [1.29, 1.82) is 0 Å². The molecule has 0 fully saturated rings. The number of nitrogens with two attached hydrogens (primary N) is 1. The number of carbonyl (C=O) groups excluding carboxylic acids is 1. The highest BCUT2D eigenvalue weighted by Gasteiger charge is 2.27. The van der Waals surface area contributed by atoms with Gasteiger partial charge in [0.25, 0.3) is 0 Å². The highest BCUT2D eigenvalue weighted by Crippen LogP contribution is 2.26. The van der Waals surface area contributed by atoms with Crippen LogP contribution in [-0.4, -0.2) is 28.5 Å². The molecule has 2 N–H and O–H groups in total. The van der Waals surface area contributed by atoms with Crippen LogP contribution < -0.4 is 10.6 Å². The SMILES string of the molecule is Cl.NCC(=O)N1CCn2c1nc1ccccc12. The van der Waals surface area contributed by atoms with Crippen LogP contribution in [0.3, 0.4) is 0 Å². The van der Waals surface area contributed by atoms with Crippen molar-refractivity contribution in [1.82, 2.24) is 9.55 Å². The molecule has 0 aliphatic carbocycles. The molecule has 1 aliphatic heterocycles. The summed E-state index contributed by atoms with van der Waals surface area (Å²) >= 11 is 0. The third-order valence-corrected chi connectivity index (χ3v) is 2.90. The summed E-state index contributed by atoms with van der Waals surface area (Å²) in [6.07, 6.45) is 0. The molecule has 0 atom stereocenters. The van der Waals surface area contributed by atoms with E-state index in [1.807, 2.05) is 24.3 Å². The fraction of sp³-hybridized carbons (Fsp3) is 0.273. The van der Waals surface area contributed by atoms with Gasteiger partial charge in [-0.2, -0.15) is 0 Å². The van der Waals surface area contributed by atoms with Gasteiger partial charge in [0, 0.05) is 13.1 Å². The van der Waals surface area contributed by atoms with Gasteiger partial charge < -0.3 is 10.3 Å². The minimum Gasteiger partial charge on any atom is -0.322 e. The van der Waals surface area contributed by atoms with Crippen LogP contribution in [-0.2, 0) is 11.3 Å². The molecule has 0 spiro atoms. The molecule has 17 heavy (non-hydrogen) atoms. The molecule has 1 aromatic carbocycles. The summed E-state index contributed by atoms with van der Waals surface area (Å²) in [6, 6.07) is 7.89. The molecule has 1 aromatic heterocycles. The molecule has 5 nitrogen and oxygen atoms in total. The van der Waals surface area contributed by atoms with Crippen LogP contribution in [0.4, 0.5) is 5.95 Å². The fourth-order valence-corrected chi connectivity index (χ4v) is 2.14. The van der Waals surface area contributed by atoms with Crippen LogP contribution >= 0.6 is 12.4 Å². The van der Waals surface area contributed by atoms with Gasteiger partial charge in [-0.3, -0.25) is 9.69 Å². The van der Waals surface area contributed by atoms with Crippen LogP contribution in [0.2, 0.25) is 0 Å². The number of benzene rings is 1. The summed E-state index contributed by atoms with van der Waals surface area (Å²) in [7, 11) is 0. The van der Waals surface area contributed by atoms with E-state index >= 15 is 0 Å². The molecule has 0 bridgehead atoms. The second kappa shape index (κ2) is 4.35. The Labute approximate surface area is 105 Å². The molecule has 6 heteroatoms. The smallest absolute Gasteiger partial charge is 0.243 e. The topological polar surface area (TPSA) is 64.2 Å². The first-order valence-corrected chi connectivity index (χ1v) is 5.27. The third-order valence-electron chi connectivity index (χ3n) is 2.90. The predicted octanol–water partition coefficient (Wildman–Crippen LogP) is 0.763. The maximum Gasteiger partial charge on any atom is 0.243 e. The minimum absolute atomic E-state index is 0. The molecule has 0 saturated carbocycles. The van der Waals surface area contributed by atoms with E-state index in [0.717, 1.165) is 23.5 Å². The lowest BCUT2D eigenvalue weighted by Crippen LogP contribution is -2.34. The van der Waals surface area contributed by atoms with Gasteiger partial charge in [-0.05, 0) is 12.1 Å². The number of nitrogens with zero attached hydrogens (tertiary/aromatic N) is 3. The van der Waals surface area contributed by atoms with Gasteiger partial charge in [0.2, 0.25) is 11.9 Å². The molecule has 1 aliphatic rings. The summed E-state index contributed by atoms with van der Waals surface area (Å²) < 4.78 is 2.06. The van der Waals surface area contributed by atoms with Crippen molar-refractivity contribution in [2.75, 3.05) is 18.0 Å². The molecule has 0 saturated heterocycles. The number of imidazole rings is 1. The Kier molecular flexibility index (Phi) is 3.04. The monoisotopic (exact) mass is 252 g/mol. The van der Waals surface area contributed by atoms with Crippen LogP contribution in [0.1, 0.15) is 0 Å². The maximum atomic E-state index is 11.6. The Bertz CT molecular complexity index is 566. The van der Waals surface area contributed by atoms with E-state index < -0.39 is 0 Å². The molecule has 3 rings (SSSR count). The number of hydrogen-bond donors (Lipinski definition) is 1. The summed E-state index contributed by atoms with van der Waals surface area (Å²) in [4.78, 5) is 17.7. The summed E-state index contributed by atoms with van der Waals surface area (Å²) in [5.41, 5.74) is 7.37. The zero-order valence-corrected chi connectivity index (χ0v) is 9.98. The van der Waals surface area contributed by atoms with Gasteiger partial charge in [-0.15, -0.1) is 12.4 Å². The average molecular weight is 253 g/mol. The van der Waals surface area contributed by atoms with Crippen LogP contribution in [0.5, 0.6) is 0 Å². The molecule has 90 valence electrons. The maximum absolute atomic E-state index is 11.6. The molecule has 2 heterocycles. The van der Waals surface area contributed by atoms with Gasteiger partial charge in [0.05, 0.1) is 17.6 Å². The number of hydrogen-bond acceptors (Lipinski definition) is 3. The van der Waals surface area contributed by atoms with E-state index in [9.17, 15) is 4.79 Å². The van der Waals surface area contributed by atoms with E-state index in [1.165, 1.54) is 0 Å². The number of halogens is 1. The van der Waals surface area contributed by atoms with Crippen molar-refractivity contribution >= 4 is 35.3 Å². The number of anilines is 1. The average Bonchev–Trinajstić information content (AvgIpc) is 2.86. The Morgan fingerprint density at radius 2 is 2.12 bits per heavy atom. The Balaban J connectivity index is 0.00000108. The van der Waals surface area contributed by atoms with Gasteiger partial charge in [-0.25, -0.2) is 4.98 Å². The lowest BCUT2D eigenvalue weighted by Gasteiger charge is -2.11. The van der Waals surface area contributed by atoms with E-state index in [-0.39, 0.29) is 24.9 Å². The first-order valence-electron chi connectivity index (χ1n) is 5.27. The van der Waals surface area contributed by atoms with Crippen molar-refractivity contribution in [3.63, 3.8) is 0 Å². The number of amides is 1. The molecular weight excluding hydrogens is 240 g/mol. The highest BCUT2D eigenvalue weighted by atomic mass is 35.5. The van der Waals surface area contributed by atoms with Gasteiger partial charge in [-0.1, -0.05) is 12.1 Å². The predicted molar refractivity (Wildman–Crippen MR) is 68.4 cm³/mol. The van der Waals surface area contributed by atoms with Crippen molar-refractivity contribution in [3.8, 4) is 0 Å².